The van der Waals surface area contributed by atoms with Crippen LogP contribution in [0.25, 0.3) is 0 Å². The number of aliphatic hydroxyl groups excluding tert-OH is 4. The molecule has 0 saturated carbocycles. The molecule has 0 heterocycles. The van der Waals surface area contributed by atoms with Crippen molar-refractivity contribution in [3.05, 3.63) is 0 Å². The first-order valence-corrected chi connectivity index (χ1v) is 4.02. The number of carbonyl (C=O) groups excluding carboxylic acids is 1. The van der Waals surface area contributed by atoms with Gasteiger partial charge in [0.25, 0.3) is 0 Å². The van der Waals surface area contributed by atoms with Crippen LogP contribution in [-0.2, 0) is 4.79 Å². The van der Waals surface area contributed by atoms with E-state index in [9.17, 15) is 9.90 Å². The fourth-order valence-electron chi connectivity index (χ4n) is 0.682. The maximum absolute atomic E-state index is 10.6. The molecule has 0 spiro atoms. The first-order chi connectivity index (χ1) is 5.91. The van der Waals surface area contributed by atoms with Gasteiger partial charge in [-0.2, -0.15) is 0 Å². The van der Waals surface area contributed by atoms with Gasteiger partial charge in [-0.1, -0.05) is 12.2 Å². The van der Waals surface area contributed by atoms with E-state index in [1.807, 2.05) is 0 Å². The molecule has 0 unspecified atom stereocenters. The Labute approximate surface area is 80.6 Å². The smallest absolute Gasteiger partial charge is 0.169 e. The Morgan fingerprint density at radius 1 is 1.38 bits per heavy atom. The van der Waals surface area contributed by atoms with Gasteiger partial charge in [0.2, 0.25) is 0 Å². The molecule has 0 radical (unpaired) electrons. The Kier molecular flexibility index (Phi) is 5.19. The Morgan fingerprint density at radius 2 is 1.85 bits per heavy atom. The summed E-state index contributed by atoms with van der Waals surface area (Å²) >= 11 is 4.49. The lowest BCUT2D eigenvalue weighted by Crippen LogP contribution is -2.45. The van der Waals surface area contributed by atoms with Crippen molar-refractivity contribution in [3.63, 3.8) is 0 Å². The second-order valence-electron chi connectivity index (χ2n) is 2.61. The average molecular weight is 208 g/mol. The molecule has 3 atom stereocenters. The number of ketones is 1. The van der Waals surface area contributed by atoms with E-state index in [4.69, 9.17) is 15.3 Å². The Morgan fingerprint density at radius 3 is 2.15 bits per heavy atom. The van der Waals surface area contributed by atoms with Crippen molar-refractivity contribution in [2.45, 2.75) is 25.2 Å². The van der Waals surface area contributed by atoms with Crippen LogP contribution in [0.4, 0.5) is 0 Å². The van der Waals surface area contributed by atoms with E-state index < -0.39 is 30.7 Å². The second kappa shape index (κ2) is 5.36. The van der Waals surface area contributed by atoms with Crippen LogP contribution in [0, 0.1) is 0 Å². The number of hydrogen-bond donors (Lipinski definition) is 4. The fraction of sp³-hybridized carbons (Fsp3) is 0.714. The van der Waals surface area contributed by atoms with Gasteiger partial charge in [-0.3, -0.25) is 4.79 Å². The van der Waals surface area contributed by atoms with E-state index in [1.54, 1.807) is 0 Å². The monoisotopic (exact) mass is 208 g/mol. The highest BCUT2D eigenvalue weighted by molar-refractivity contribution is 7.82. The summed E-state index contributed by atoms with van der Waals surface area (Å²) < 4.78 is 0. The quantitative estimate of drug-likeness (QED) is 0.391. The van der Waals surface area contributed by atoms with Crippen LogP contribution in [-0.4, -0.2) is 56.0 Å². The second-order valence-corrected chi connectivity index (χ2v) is 3.05. The van der Waals surface area contributed by atoms with E-state index in [0.717, 1.165) is 6.92 Å². The number of aliphatic hydroxyl groups is 4. The maximum atomic E-state index is 10.6. The van der Waals surface area contributed by atoms with Crippen LogP contribution >= 0.6 is 12.2 Å². The molecule has 6 heteroatoms. The molecule has 0 fully saturated rings. The summed E-state index contributed by atoms with van der Waals surface area (Å²) in [5.41, 5.74) is 0. The average Bonchev–Trinajstić information content (AvgIpc) is 2.12. The molecule has 13 heavy (non-hydrogen) atoms. The number of hydrogen-bond acceptors (Lipinski definition) is 6. The minimum atomic E-state index is -1.64. The van der Waals surface area contributed by atoms with Gasteiger partial charge in [0.05, 0.1) is 11.5 Å². The van der Waals surface area contributed by atoms with Crippen molar-refractivity contribution < 1.29 is 25.2 Å². The van der Waals surface area contributed by atoms with Crippen LogP contribution in [0.5, 0.6) is 0 Å². The molecule has 0 aromatic rings. The van der Waals surface area contributed by atoms with Gasteiger partial charge in [0, 0.05) is 0 Å². The Hall–Kier alpha value is -0.400. The van der Waals surface area contributed by atoms with Crippen LogP contribution in [0.2, 0.25) is 0 Å². The molecular formula is C7H12O5S. The SMILES string of the molecule is CC(=O)C(=S)[C@H](O)[C@@H](O)[C@H](O)CO. The van der Waals surface area contributed by atoms with E-state index in [2.05, 4.69) is 12.2 Å². The summed E-state index contributed by atoms with van der Waals surface area (Å²) in [6.07, 6.45) is -4.76. The normalized spacial score (nSPS) is 17.6. The molecule has 76 valence electrons. The van der Waals surface area contributed by atoms with Crippen LogP contribution in [0.15, 0.2) is 0 Å². The largest absolute Gasteiger partial charge is 0.394 e. The van der Waals surface area contributed by atoms with Crippen molar-refractivity contribution in [1.82, 2.24) is 0 Å². The summed E-state index contributed by atoms with van der Waals surface area (Å²) in [7, 11) is 0. The van der Waals surface area contributed by atoms with Crippen molar-refractivity contribution >= 4 is 22.9 Å². The molecule has 0 aromatic heterocycles. The van der Waals surface area contributed by atoms with Gasteiger partial charge in [-0.15, -0.1) is 0 Å². The van der Waals surface area contributed by atoms with Crippen molar-refractivity contribution in [2.75, 3.05) is 6.61 Å². The van der Waals surface area contributed by atoms with E-state index >= 15 is 0 Å². The summed E-state index contributed by atoms with van der Waals surface area (Å²) in [5, 5.41) is 35.6. The molecule has 0 aliphatic rings. The molecule has 0 aliphatic carbocycles. The molecule has 4 N–H and O–H groups in total. The van der Waals surface area contributed by atoms with E-state index in [1.165, 1.54) is 0 Å². The predicted octanol–water partition coefficient (Wildman–Crippen LogP) is -1.98. The number of Topliss-reactive ketones (excluding diaryl/α,β-unsaturated/α-hetero) is 1. The third-order valence-corrected chi connectivity index (χ3v) is 2.05. The van der Waals surface area contributed by atoms with Crippen molar-refractivity contribution in [1.29, 1.82) is 0 Å². The molecule has 0 rings (SSSR count). The summed E-state index contributed by atoms with van der Waals surface area (Å²) in [5.74, 6) is -0.549. The third kappa shape index (κ3) is 3.45. The van der Waals surface area contributed by atoms with Gasteiger partial charge in [-0.25, -0.2) is 0 Å². The van der Waals surface area contributed by atoms with Crippen LogP contribution in [0.1, 0.15) is 6.92 Å². The summed E-state index contributed by atoms with van der Waals surface area (Å²) in [6.45, 7) is 0.433. The highest BCUT2D eigenvalue weighted by atomic mass is 32.1. The van der Waals surface area contributed by atoms with Crippen LogP contribution in [0.3, 0.4) is 0 Å². The summed E-state index contributed by atoms with van der Waals surface area (Å²) in [6, 6.07) is 0. The van der Waals surface area contributed by atoms with Gasteiger partial charge in [0.1, 0.15) is 18.3 Å². The number of rotatable bonds is 5. The lowest BCUT2D eigenvalue weighted by molar-refractivity contribution is -0.112. The van der Waals surface area contributed by atoms with Crippen molar-refractivity contribution in [3.8, 4) is 0 Å². The van der Waals surface area contributed by atoms with Crippen LogP contribution < -0.4 is 0 Å². The van der Waals surface area contributed by atoms with E-state index in [-0.39, 0.29) is 4.86 Å². The molecular weight excluding hydrogens is 196 g/mol. The minimum Gasteiger partial charge on any atom is -0.394 e. The highest BCUT2D eigenvalue weighted by Gasteiger charge is 2.28. The topological polar surface area (TPSA) is 98.0 Å². The maximum Gasteiger partial charge on any atom is 0.169 e. The Balaban J connectivity index is 4.33. The summed E-state index contributed by atoms with van der Waals surface area (Å²) in [4.78, 5) is 10.3. The zero-order chi connectivity index (χ0) is 10.6. The third-order valence-electron chi connectivity index (χ3n) is 1.52. The molecule has 0 bridgehead atoms. The number of carbonyl (C=O) groups is 1. The highest BCUT2D eigenvalue weighted by Crippen LogP contribution is 2.03. The van der Waals surface area contributed by atoms with Gasteiger partial charge in [0.15, 0.2) is 5.78 Å². The first-order valence-electron chi connectivity index (χ1n) is 3.61. The Bertz CT molecular complexity index is 205. The van der Waals surface area contributed by atoms with E-state index in [0.29, 0.717) is 0 Å². The minimum absolute atomic E-state index is 0.361. The molecule has 5 nitrogen and oxygen atoms in total. The predicted molar refractivity (Wildman–Crippen MR) is 48.4 cm³/mol. The zero-order valence-corrected chi connectivity index (χ0v) is 7.86. The lowest BCUT2D eigenvalue weighted by atomic mass is 10.0. The molecule has 0 aliphatic heterocycles. The van der Waals surface area contributed by atoms with Gasteiger partial charge in [-0.05, 0) is 6.92 Å². The molecule has 0 saturated heterocycles. The first kappa shape index (κ1) is 12.6. The standard InChI is InChI=1S/C7H12O5S/c1-3(9)7(13)6(12)5(11)4(10)2-8/h4-6,8,10-12H,2H2,1H3/t4-,5+,6-/m1/s1. The van der Waals surface area contributed by atoms with Crippen molar-refractivity contribution in [2.24, 2.45) is 0 Å². The fourth-order valence-corrected chi connectivity index (χ4v) is 0.821. The van der Waals surface area contributed by atoms with Gasteiger partial charge >= 0.3 is 0 Å². The zero-order valence-electron chi connectivity index (χ0n) is 7.04. The number of thiocarbonyl (C=S) groups is 1. The lowest BCUT2D eigenvalue weighted by Gasteiger charge is -2.20. The van der Waals surface area contributed by atoms with Gasteiger partial charge < -0.3 is 20.4 Å². The molecule has 0 aromatic carbocycles. The molecule has 0 amide bonds.